The van der Waals surface area contributed by atoms with Gasteiger partial charge >= 0.3 is 0 Å². The third-order valence-corrected chi connectivity index (χ3v) is 5.11. The van der Waals surface area contributed by atoms with Crippen molar-refractivity contribution in [3.05, 3.63) is 59.9 Å². The van der Waals surface area contributed by atoms with E-state index < -0.39 is 10.0 Å². The summed E-state index contributed by atoms with van der Waals surface area (Å²) in [5.41, 5.74) is 1.72. The molecule has 1 heterocycles. The number of aromatic nitrogens is 1. The fourth-order valence-electron chi connectivity index (χ4n) is 2.27. The number of pyridine rings is 1. The summed E-state index contributed by atoms with van der Waals surface area (Å²) in [7, 11) is -0.359. The Morgan fingerprint density at radius 2 is 1.96 bits per heavy atom. The maximum Gasteiger partial charge on any atom is 0.240 e. The van der Waals surface area contributed by atoms with Gasteiger partial charge in [0.15, 0.2) is 5.96 Å². The van der Waals surface area contributed by atoms with Gasteiger partial charge in [0.2, 0.25) is 10.0 Å². The Morgan fingerprint density at radius 1 is 1.15 bits per heavy atom. The van der Waals surface area contributed by atoms with Crippen molar-refractivity contribution in [1.29, 1.82) is 0 Å². The second-order valence-corrected chi connectivity index (χ2v) is 7.41. The summed E-state index contributed by atoms with van der Waals surface area (Å²) < 4.78 is 31.9. The van der Waals surface area contributed by atoms with Gasteiger partial charge in [0.1, 0.15) is 0 Å². The van der Waals surface area contributed by atoms with Crippen LogP contribution in [0, 0.1) is 0 Å². The number of nitrogens with zero attached hydrogens (tertiary/aromatic N) is 2. The number of nitrogens with one attached hydrogen (secondary N) is 3. The fourth-order valence-corrected chi connectivity index (χ4v) is 3.35. The molecule has 0 aliphatic carbocycles. The smallest absolute Gasteiger partial charge is 0.240 e. The molecule has 0 aliphatic rings. The summed E-state index contributed by atoms with van der Waals surface area (Å²) >= 11 is 0. The Hall–Kier alpha value is -2.49. The zero-order valence-corrected chi connectivity index (χ0v) is 16.3. The van der Waals surface area contributed by atoms with Crippen molar-refractivity contribution in [2.45, 2.75) is 18.0 Å². The number of sulfonamides is 1. The molecule has 1 aromatic carbocycles. The fraction of sp³-hybridized carbons (Fsp3) is 0.333. The quantitative estimate of drug-likeness (QED) is 0.333. The Kier molecular flexibility index (Phi) is 8.18. The summed E-state index contributed by atoms with van der Waals surface area (Å²) in [6.45, 7) is 1.52. The van der Waals surface area contributed by atoms with E-state index >= 15 is 0 Å². The highest BCUT2D eigenvalue weighted by Gasteiger charge is 2.13. The first-order chi connectivity index (χ1) is 13.0. The lowest BCUT2D eigenvalue weighted by molar-refractivity contribution is 0.204. The molecule has 9 heteroatoms. The number of hydrogen-bond acceptors (Lipinski definition) is 5. The van der Waals surface area contributed by atoms with E-state index in [4.69, 9.17) is 4.74 Å². The van der Waals surface area contributed by atoms with Crippen molar-refractivity contribution in [2.24, 2.45) is 4.99 Å². The third kappa shape index (κ3) is 6.97. The van der Waals surface area contributed by atoms with Crippen LogP contribution in [-0.4, -0.2) is 46.7 Å². The maximum absolute atomic E-state index is 12.3. The van der Waals surface area contributed by atoms with Crippen molar-refractivity contribution in [3.8, 4) is 0 Å². The molecule has 8 nitrogen and oxygen atoms in total. The molecule has 2 aromatic rings. The van der Waals surface area contributed by atoms with Crippen LogP contribution in [0.1, 0.15) is 11.3 Å². The molecule has 0 unspecified atom stereocenters. The molecular weight excluding hydrogens is 366 g/mol. The van der Waals surface area contributed by atoms with E-state index in [0.29, 0.717) is 25.7 Å². The molecule has 0 amide bonds. The molecule has 0 aliphatic heterocycles. The monoisotopic (exact) mass is 391 g/mol. The summed E-state index contributed by atoms with van der Waals surface area (Å²) in [6, 6.07) is 12.5. The molecule has 0 radical (unpaired) electrons. The van der Waals surface area contributed by atoms with Crippen LogP contribution in [0.3, 0.4) is 0 Å². The van der Waals surface area contributed by atoms with Gasteiger partial charge in [0.05, 0.1) is 23.7 Å². The molecule has 3 N–H and O–H groups in total. The lowest BCUT2D eigenvalue weighted by atomic mass is 10.2. The first kappa shape index (κ1) is 20.8. The van der Waals surface area contributed by atoms with Crippen molar-refractivity contribution >= 4 is 16.0 Å². The van der Waals surface area contributed by atoms with Gasteiger partial charge in [-0.25, -0.2) is 13.1 Å². The first-order valence-electron chi connectivity index (χ1n) is 8.47. The van der Waals surface area contributed by atoms with E-state index in [9.17, 15) is 8.42 Å². The molecule has 0 fully saturated rings. The molecule has 0 saturated heterocycles. The van der Waals surface area contributed by atoms with Gasteiger partial charge < -0.3 is 15.4 Å². The van der Waals surface area contributed by atoms with E-state index in [-0.39, 0.29) is 11.4 Å². The second-order valence-electron chi connectivity index (χ2n) is 5.64. The molecule has 146 valence electrons. The number of aliphatic imine (C=N–C) groups is 1. The molecule has 1 aromatic heterocycles. The molecule has 0 bridgehead atoms. The SMILES string of the molecule is CN=C(NCc1cccc(S(=O)(=O)NCCOC)c1)NCc1ccccn1. The maximum atomic E-state index is 12.3. The van der Waals surface area contributed by atoms with Gasteiger partial charge in [-0.1, -0.05) is 18.2 Å². The number of rotatable bonds is 9. The zero-order valence-electron chi connectivity index (χ0n) is 15.5. The Labute approximate surface area is 160 Å². The predicted octanol–water partition coefficient (Wildman–Crippen LogP) is 0.872. The van der Waals surface area contributed by atoms with Crippen LogP contribution in [-0.2, 0) is 27.8 Å². The third-order valence-electron chi connectivity index (χ3n) is 3.65. The number of methoxy groups -OCH3 is 1. The highest BCUT2D eigenvalue weighted by Crippen LogP contribution is 2.11. The average molecular weight is 391 g/mol. The average Bonchev–Trinajstić information content (AvgIpc) is 2.69. The highest BCUT2D eigenvalue weighted by molar-refractivity contribution is 7.89. The molecule has 0 atom stereocenters. The summed E-state index contributed by atoms with van der Waals surface area (Å²) in [4.78, 5) is 8.62. The largest absolute Gasteiger partial charge is 0.383 e. The molecule has 0 spiro atoms. The van der Waals surface area contributed by atoms with Crippen molar-refractivity contribution in [2.75, 3.05) is 27.3 Å². The van der Waals surface area contributed by atoms with Crippen LogP contribution in [0.4, 0.5) is 0 Å². The summed E-state index contributed by atoms with van der Waals surface area (Å²) in [5.74, 6) is 0.604. The van der Waals surface area contributed by atoms with Crippen molar-refractivity contribution in [1.82, 2.24) is 20.3 Å². The lowest BCUT2D eigenvalue weighted by Gasteiger charge is -2.12. The van der Waals surface area contributed by atoms with Crippen LogP contribution in [0.5, 0.6) is 0 Å². The number of guanidine groups is 1. The molecular formula is C18H25N5O3S. The van der Waals surface area contributed by atoms with Gasteiger partial charge in [-0.15, -0.1) is 0 Å². The normalized spacial score (nSPS) is 12.0. The van der Waals surface area contributed by atoms with Crippen LogP contribution in [0.2, 0.25) is 0 Å². The predicted molar refractivity (Wildman–Crippen MR) is 105 cm³/mol. The summed E-state index contributed by atoms with van der Waals surface area (Å²) in [5, 5.41) is 6.33. The number of ether oxygens (including phenoxy) is 1. The van der Waals surface area contributed by atoms with Crippen LogP contribution in [0.15, 0.2) is 58.5 Å². The van der Waals surface area contributed by atoms with Gasteiger partial charge in [0, 0.05) is 33.4 Å². The van der Waals surface area contributed by atoms with Crippen LogP contribution < -0.4 is 15.4 Å². The molecule has 2 rings (SSSR count). The second kappa shape index (κ2) is 10.6. The Morgan fingerprint density at radius 3 is 2.67 bits per heavy atom. The van der Waals surface area contributed by atoms with Crippen molar-refractivity contribution < 1.29 is 13.2 Å². The minimum absolute atomic E-state index is 0.217. The minimum atomic E-state index is -3.56. The molecule has 27 heavy (non-hydrogen) atoms. The number of hydrogen-bond donors (Lipinski definition) is 3. The minimum Gasteiger partial charge on any atom is -0.383 e. The lowest BCUT2D eigenvalue weighted by Crippen LogP contribution is -2.36. The number of benzene rings is 1. The highest BCUT2D eigenvalue weighted by atomic mass is 32.2. The van der Waals surface area contributed by atoms with Gasteiger partial charge in [0.25, 0.3) is 0 Å². The zero-order chi connectivity index (χ0) is 19.5. The Balaban J connectivity index is 1.93. The summed E-state index contributed by atoms with van der Waals surface area (Å²) in [6.07, 6.45) is 1.74. The standard InChI is InChI=1S/C18H25N5O3S/c1-19-18(22-14-16-7-3-4-9-20-16)21-13-15-6-5-8-17(12-15)27(24,25)23-10-11-26-2/h3-9,12,23H,10-11,13-14H2,1-2H3,(H2,19,21,22). The van der Waals surface area contributed by atoms with E-state index in [2.05, 4.69) is 25.3 Å². The Bertz CT molecular complexity index is 841. The van der Waals surface area contributed by atoms with Crippen LogP contribution >= 0.6 is 0 Å². The van der Waals surface area contributed by atoms with Gasteiger partial charge in [-0.3, -0.25) is 9.98 Å². The van der Waals surface area contributed by atoms with E-state index in [1.165, 1.54) is 7.11 Å². The van der Waals surface area contributed by atoms with Crippen molar-refractivity contribution in [3.63, 3.8) is 0 Å². The topological polar surface area (TPSA) is 105 Å². The van der Waals surface area contributed by atoms with E-state index in [1.807, 2.05) is 24.3 Å². The van der Waals surface area contributed by atoms with Crippen LogP contribution in [0.25, 0.3) is 0 Å². The van der Waals surface area contributed by atoms with Gasteiger partial charge in [-0.2, -0.15) is 0 Å². The van der Waals surface area contributed by atoms with Gasteiger partial charge in [-0.05, 0) is 29.8 Å². The van der Waals surface area contributed by atoms with E-state index in [1.54, 1.807) is 31.4 Å². The van der Waals surface area contributed by atoms with E-state index in [0.717, 1.165) is 11.3 Å². The first-order valence-corrected chi connectivity index (χ1v) is 9.95. The molecule has 0 saturated carbocycles.